The lowest BCUT2D eigenvalue weighted by molar-refractivity contribution is -0.135. The number of likely N-dealkylation sites (tertiary alicyclic amines) is 1. The minimum atomic E-state index is -0.312. The summed E-state index contributed by atoms with van der Waals surface area (Å²) in [6.07, 6.45) is 1.82. The zero-order valence-corrected chi connectivity index (χ0v) is 13.8. The first-order valence-electron chi connectivity index (χ1n) is 8.23. The van der Waals surface area contributed by atoms with E-state index in [1.165, 1.54) is 0 Å². The van der Waals surface area contributed by atoms with Gasteiger partial charge in [0.25, 0.3) is 5.91 Å². The smallest absolute Gasteiger partial charge is 0.260 e. The highest BCUT2D eigenvalue weighted by molar-refractivity contribution is 5.95. The van der Waals surface area contributed by atoms with Gasteiger partial charge in [0.2, 0.25) is 0 Å². The van der Waals surface area contributed by atoms with Crippen molar-refractivity contribution in [3.05, 3.63) is 29.8 Å². The molecule has 1 fully saturated rings. The lowest BCUT2D eigenvalue weighted by Gasteiger charge is -2.33. The zero-order valence-electron chi connectivity index (χ0n) is 13.8. The molecule has 5 nitrogen and oxygen atoms in total. The Balaban J connectivity index is 1.79. The number of ketones is 1. The number of aliphatic hydroxyl groups is 1. The summed E-state index contributed by atoms with van der Waals surface area (Å²) < 4.78 is 5.51. The van der Waals surface area contributed by atoms with Gasteiger partial charge in [-0.25, -0.2) is 0 Å². The van der Waals surface area contributed by atoms with Crippen LogP contribution in [0.25, 0.3) is 0 Å². The summed E-state index contributed by atoms with van der Waals surface area (Å²) in [7, 11) is 0. The van der Waals surface area contributed by atoms with Gasteiger partial charge in [-0.2, -0.15) is 0 Å². The van der Waals surface area contributed by atoms with Crippen molar-refractivity contribution in [3.8, 4) is 5.75 Å². The van der Waals surface area contributed by atoms with E-state index in [0.29, 0.717) is 30.8 Å². The number of ether oxygens (including phenoxy) is 1. The molecule has 1 saturated heterocycles. The fraction of sp³-hybridized carbons (Fsp3) is 0.556. The highest BCUT2D eigenvalue weighted by Crippen LogP contribution is 2.21. The molecule has 0 aromatic heterocycles. The Morgan fingerprint density at radius 3 is 2.39 bits per heavy atom. The van der Waals surface area contributed by atoms with Gasteiger partial charge in [-0.15, -0.1) is 0 Å². The fourth-order valence-electron chi connectivity index (χ4n) is 2.81. The van der Waals surface area contributed by atoms with Crippen LogP contribution in [0, 0.1) is 5.92 Å². The first kappa shape index (κ1) is 17.5. The van der Waals surface area contributed by atoms with Gasteiger partial charge in [0.05, 0.1) is 6.10 Å². The maximum atomic E-state index is 12.2. The maximum absolute atomic E-state index is 12.2. The molecule has 1 heterocycles. The van der Waals surface area contributed by atoms with E-state index in [9.17, 15) is 14.7 Å². The molecule has 0 saturated carbocycles. The molecule has 2 rings (SSSR count). The van der Waals surface area contributed by atoms with E-state index >= 15 is 0 Å². The average Bonchev–Trinajstić information content (AvgIpc) is 2.59. The van der Waals surface area contributed by atoms with Gasteiger partial charge in [-0.05, 0) is 49.9 Å². The molecular formula is C18H25NO4. The first-order chi connectivity index (χ1) is 11.0. The molecule has 0 spiro atoms. The Bertz CT molecular complexity index is 530. The van der Waals surface area contributed by atoms with Crippen LogP contribution in [-0.2, 0) is 4.79 Å². The van der Waals surface area contributed by atoms with E-state index in [1.54, 1.807) is 36.1 Å². The number of carbonyl (C=O) groups is 2. The predicted molar refractivity (Wildman–Crippen MR) is 87.5 cm³/mol. The molecule has 1 atom stereocenters. The van der Waals surface area contributed by atoms with Crippen LogP contribution in [0.3, 0.4) is 0 Å². The molecule has 0 aliphatic carbocycles. The molecule has 23 heavy (non-hydrogen) atoms. The van der Waals surface area contributed by atoms with Gasteiger partial charge in [0.15, 0.2) is 12.4 Å². The molecule has 1 N–H and O–H groups in total. The number of carbonyl (C=O) groups excluding carboxylic acids is 2. The number of nitrogens with zero attached hydrogens (tertiary/aromatic N) is 1. The molecular weight excluding hydrogens is 294 g/mol. The monoisotopic (exact) mass is 319 g/mol. The van der Waals surface area contributed by atoms with Crippen LogP contribution < -0.4 is 4.74 Å². The van der Waals surface area contributed by atoms with E-state index in [2.05, 4.69) is 0 Å². The zero-order chi connectivity index (χ0) is 16.8. The second-order valence-electron chi connectivity index (χ2n) is 6.05. The number of aliphatic hydroxyl groups excluding tert-OH is 1. The minimum absolute atomic E-state index is 0.000413. The number of Topliss-reactive ketones (excluding diaryl/α,β-unsaturated/α-hetero) is 1. The summed E-state index contributed by atoms with van der Waals surface area (Å²) in [4.78, 5) is 25.5. The summed E-state index contributed by atoms with van der Waals surface area (Å²) >= 11 is 0. The normalized spacial score (nSPS) is 16.9. The van der Waals surface area contributed by atoms with Crippen LogP contribution in [0.4, 0.5) is 0 Å². The quantitative estimate of drug-likeness (QED) is 0.817. The fourth-order valence-corrected chi connectivity index (χ4v) is 2.81. The maximum Gasteiger partial charge on any atom is 0.260 e. The predicted octanol–water partition coefficient (Wildman–Crippen LogP) is 2.28. The van der Waals surface area contributed by atoms with Crippen molar-refractivity contribution in [2.24, 2.45) is 5.92 Å². The molecule has 0 radical (unpaired) electrons. The van der Waals surface area contributed by atoms with Crippen LogP contribution in [-0.4, -0.2) is 47.5 Å². The standard InChI is InChI=1S/C18H25NO4/c1-3-17(21)15-4-6-16(7-5-15)23-12-18(22)19-10-8-14(9-11-19)13(2)20/h4-7,13-14,20H,3,8-12H2,1-2H3/t13-/m0/s1. The van der Waals surface area contributed by atoms with Crippen molar-refractivity contribution in [1.29, 1.82) is 0 Å². The highest BCUT2D eigenvalue weighted by Gasteiger charge is 2.25. The van der Waals surface area contributed by atoms with Crippen molar-refractivity contribution >= 4 is 11.7 Å². The highest BCUT2D eigenvalue weighted by atomic mass is 16.5. The van der Waals surface area contributed by atoms with Gasteiger partial charge in [-0.1, -0.05) is 6.92 Å². The van der Waals surface area contributed by atoms with Crippen LogP contribution in [0.2, 0.25) is 0 Å². The first-order valence-corrected chi connectivity index (χ1v) is 8.23. The van der Waals surface area contributed by atoms with Gasteiger partial charge in [-0.3, -0.25) is 9.59 Å². The Kier molecular flexibility index (Phi) is 6.16. The second kappa shape index (κ2) is 8.11. The van der Waals surface area contributed by atoms with Gasteiger partial charge >= 0.3 is 0 Å². The molecule has 0 unspecified atom stereocenters. The lowest BCUT2D eigenvalue weighted by Crippen LogP contribution is -2.42. The number of benzene rings is 1. The number of rotatable bonds is 6. The summed E-state index contributed by atoms with van der Waals surface area (Å²) in [6.45, 7) is 4.97. The van der Waals surface area contributed by atoms with Crippen LogP contribution in [0.1, 0.15) is 43.5 Å². The molecule has 1 aromatic rings. The molecule has 126 valence electrons. The van der Waals surface area contributed by atoms with E-state index in [-0.39, 0.29) is 30.3 Å². The third kappa shape index (κ3) is 4.79. The van der Waals surface area contributed by atoms with Crippen LogP contribution in [0.5, 0.6) is 5.75 Å². The number of hydrogen-bond acceptors (Lipinski definition) is 4. The van der Waals surface area contributed by atoms with Gasteiger partial charge < -0.3 is 14.7 Å². The van der Waals surface area contributed by atoms with E-state index in [1.807, 2.05) is 6.92 Å². The van der Waals surface area contributed by atoms with E-state index in [0.717, 1.165) is 12.8 Å². The summed E-state index contributed by atoms with van der Waals surface area (Å²) in [6, 6.07) is 6.88. The molecule has 1 aromatic carbocycles. The number of hydrogen-bond donors (Lipinski definition) is 1. The third-order valence-corrected chi connectivity index (χ3v) is 4.43. The summed E-state index contributed by atoms with van der Waals surface area (Å²) in [5, 5.41) is 9.58. The lowest BCUT2D eigenvalue weighted by atomic mass is 9.92. The SMILES string of the molecule is CCC(=O)c1ccc(OCC(=O)N2CCC([C@H](C)O)CC2)cc1. The Morgan fingerprint density at radius 1 is 1.26 bits per heavy atom. The van der Waals surface area contributed by atoms with Crippen molar-refractivity contribution in [2.45, 2.75) is 39.2 Å². The van der Waals surface area contributed by atoms with Crippen molar-refractivity contribution < 1.29 is 19.4 Å². The Morgan fingerprint density at radius 2 is 1.87 bits per heavy atom. The van der Waals surface area contributed by atoms with Gasteiger partial charge in [0.1, 0.15) is 5.75 Å². The van der Waals surface area contributed by atoms with Crippen LogP contribution >= 0.6 is 0 Å². The molecule has 0 bridgehead atoms. The minimum Gasteiger partial charge on any atom is -0.484 e. The average molecular weight is 319 g/mol. The second-order valence-corrected chi connectivity index (χ2v) is 6.05. The topological polar surface area (TPSA) is 66.8 Å². The van der Waals surface area contributed by atoms with Crippen molar-refractivity contribution in [2.75, 3.05) is 19.7 Å². The number of piperidine rings is 1. The van der Waals surface area contributed by atoms with E-state index in [4.69, 9.17) is 4.74 Å². The van der Waals surface area contributed by atoms with E-state index < -0.39 is 0 Å². The largest absolute Gasteiger partial charge is 0.484 e. The molecule has 1 aliphatic rings. The summed E-state index contributed by atoms with van der Waals surface area (Å²) in [5.74, 6) is 0.921. The molecule has 1 aliphatic heterocycles. The Hall–Kier alpha value is -1.88. The van der Waals surface area contributed by atoms with Crippen LogP contribution in [0.15, 0.2) is 24.3 Å². The summed E-state index contributed by atoms with van der Waals surface area (Å²) in [5.41, 5.74) is 0.659. The molecule has 5 heteroatoms. The van der Waals surface area contributed by atoms with Crippen molar-refractivity contribution in [1.82, 2.24) is 4.90 Å². The number of amides is 1. The van der Waals surface area contributed by atoms with Gasteiger partial charge in [0, 0.05) is 25.1 Å². The molecule has 1 amide bonds. The Labute approximate surface area is 137 Å². The third-order valence-electron chi connectivity index (χ3n) is 4.43. The van der Waals surface area contributed by atoms with Crippen molar-refractivity contribution in [3.63, 3.8) is 0 Å².